The van der Waals surface area contributed by atoms with Crippen molar-refractivity contribution in [2.45, 2.75) is 25.3 Å². The highest BCUT2D eigenvalue weighted by molar-refractivity contribution is 7.88. The first-order chi connectivity index (χ1) is 13.8. The molecule has 1 unspecified atom stereocenters. The van der Waals surface area contributed by atoms with Crippen LogP contribution in [0.15, 0.2) is 24.5 Å². The van der Waals surface area contributed by atoms with Crippen molar-refractivity contribution in [1.82, 2.24) is 14.3 Å². The number of primary amides is 1. The summed E-state index contributed by atoms with van der Waals surface area (Å²) >= 11 is 0. The third-order valence-electron chi connectivity index (χ3n) is 5.79. The van der Waals surface area contributed by atoms with Crippen LogP contribution in [0.1, 0.15) is 19.3 Å². The summed E-state index contributed by atoms with van der Waals surface area (Å²) in [4.78, 5) is 22.7. The van der Waals surface area contributed by atoms with Gasteiger partial charge < -0.3 is 16.0 Å². The third-order valence-corrected chi connectivity index (χ3v) is 7.09. The molecule has 3 N–H and O–H groups in total. The maximum atomic E-state index is 11.7. The van der Waals surface area contributed by atoms with Gasteiger partial charge in [0.05, 0.1) is 12.2 Å². The predicted octanol–water partition coefficient (Wildman–Crippen LogP) is 0.777. The van der Waals surface area contributed by atoms with Crippen LogP contribution < -0.4 is 16.0 Å². The lowest BCUT2D eigenvalue weighted by Crippen LogP contribution is -2.41. The van der Waals surface area contributed by atoms with Crippen LogP contribution in [0.2, 0.25) is 0 Å². The molecule has 2 aliphatic rings. The van der Waals surface area contributed by atoms with Gasteiger partial charge in [0, 0.05) is 55.4 Å². The molecule has 2 aliphatic heterocycles. The van der Waals surface area contributed by atoms with Crippen molar-refractivity contribution in [3.05, 3.63) is 24.5 Å². The van der Waals surface area contributed by atoms with Crippen LogP contribution >= 0.6 is 0 Å². The Bertz CT molecular complexity index is 1020. The van der Waals surface area contributed by atoms with Crippen molar-refractivity contribution in [2.24, 2.45) is 11.7 Å². The van der Waals surface area contributed by atoms with Gasteiger partial charge in [0.15, 0.2) is 0 Å². The molecular formula is C19H26N6O3S. The number of nitrogens with two attached hydrogens (primary N) is 1. The number of amides is 1. The second-order valence-electron chi connectivity index (χ2n) is 7.84. The van der Waals surface area contributed by atoms with Crippen LogP contribution in [-0.2, 0) is 14.8 Å². The smallest absolute Gasteiger partial charge is 0.222 e. The standard InChI is InChI=1S/C19H26N6O3S/c1-29(27,28)25-8-4-15(5-9-25)23-17-10-16-13(11-22-17)2-6-21-19(16)24-7-3-14(12-24)18(20)26/h2,6,10-11,14-15H,3-5,7-9,12H2,1H3,(H2,20,26)(H,22,23). The van der Waals surface area contributed by atoms with Crippen LogP contribution in [0, 0.1) is 5.92 Å². The second-order valence-corrected chi connectivity index (χ2v) is 9.82. The summed E-state index contributed by atoms with van der Waals surface area (Å²) in [5.74, 6) is 1.17. The van der Waals surface area contributed by atoms with Gasteiger partial charge in [-0.25, -0.2) is 22.7 Å². The van der Waals surface area contributed by atoms with Crippen LogP contribution in [0.3, 0.4) is 0 Å². The Morgan fingerprint density at radius 2 is 1.97 bits per heavy atom. The number of carbonyl (C=O) groups is 1. The lowest BCUT2D eigenvalue weighted by molar-refractivity contribution is -0.121. The number of aromatic nitrogens is 2. The van der Waals surface area contributed by atoms with Crippen molar-refractivity contribution in [2.75, 3.05) is 42.7 Å². The monoisotopic (exact) mass is 418 g/mol. The van der Waals surface area contributed by atoms with E-state index in [0.29, 0.717) is 19.6 Å². The molecule has 156 valence electrons. The topological polar surface area (TPSA) is 122 Å². The van der Waals surface area contributed by atoms with E-state index in [1.54, 1.807) is 6.20 Å². The fraction of sp³-hybridized carbons (Fsp3) is 0.526. The third kappa shape index (κ3) is 4.27. The molecule has 1 atom stereocenters. The fourth-order valence-electron chi connectivity index (χ4n) is 4.11. The van der Waals surface area contributed by atoms with E-state index in [4.69, 9.17) is 5.73 Å². The maximum Gasteiger partial charge on any atom is 0.222 e. The Labute approximate surface area is 170 Å². The molecule has 0 saturated carbocycles. The summed E-state index contributed by atoms with van der Waals surface area (Å²) in [6.45, 7) is 2.35. The Balaban J connectivity index is 1.51. The number of sulfonamides is 1. The van der Waals surface area contributed by atoms with Gasteiger partial charge >= 0.3 is 0 Å². The lowest BCUT2D eigenvalue weighted by Gasteiger charge is -2.31. The molecule has 2 saturated heterocycles. The number of nitrogens with zero attached hydrogens (tertiary/aromatic N) is 4. The molecule has 0 bridgehead atoms. The molecule has 0 aromatic carbocycles. The predicted molar refractivity (Wildman–Crippen MR) is 112 cm³/mol. The Morgan fingerprint density at radius 3 is 2.62 bits per heavy atom. The van der Waals surface area contributed by atoms with E-state index >= 15 is 0 Å². The highest BCUT2D eigenvalue weighted by atomic mass is 32.2. The van der Waals surface area contributed by atoms with Gasteiger partial charge in [0.25, 0.3) is 0 Å². The van der Waals surface area contributed by atoms with Gasteiger partial charge in [0.2, 0.25) is 15.9 Å². The summed E-state index contributed by atoms with van der Waals surface area (Å²) in [6.07, 6.45) is 7.03. The average Bonchev–Trinajstić information content (AvgIpc) is 3.17. The molecule has 0 aliphatic carbocycles. The zero-order valence-electron chi connectivity index (χ0n) is 16.4. The first-order valence-electron chi connectivity index (χ1n) is 9.82. The largest absolute Gasteiger partial charge is 0.369 e. The van der Waals surface area contributed by atoms with Gasteiger partial charge in [-0.15, -0.1) is 0 Å². The maximum absolute atomic E-state index is 11.7. The number of piperidine rings is 1. The van der Waals surface area contributed by atoms with E-state index < -0.39 is 10.0 Å². The van der Waals surface area contributed by atoms with Gasteiger partial charge in [-0.05, 0) is 31.4 Å². The zero-order valence-corrected chi connectivity index (χ0v) is 17.2. The van der Waals surface area contributed by atoms with E-state index in [1.165, 1.54) is 10.6 Å². The minimum absolute atomic E-state index is 0.147. The first kappa shape index (κ1) is 19.8. The van der Waals surface area contributed by atoms with E-state index in [1.807, 2.05) is 18.3 Å². The summed E-state index contributed by atoms with van der Waals surface area (Å²) in [5.41, 5.74) is 5.47. The first-order valence-corrected chi connectivity index (χ1v) is 11.7. The molecule has 4 heterocycles. The molecule has 2 fully saturated rings. The van der Waals surface area contributed by atoms with Crippen LogP contribution in [0.25, 0.3) is 10.8 Å². The van der Waals surface area contributed by atoms with Crippen molar-refractivity contribution >= 4 is 38.3 Å². The molecule has 0 radical (unpaired) electrons. The van der Waals surface area contributed by atoms with E-state index in [0.717, 1.165) is 48.2 Å². The minimum Gasteiger partial charge on any atom is -0.369 e. The average molecular weight is 419 g/mol. The molecule has 0 spiro atoms. The van der Waals surface area contributed by atoms with E-state index in [2.05, 4.69) is 20.2 Å². The summed E-state index contributed by atoms with van der Waals surface area (Å²) in [7, 11) is -3.13. The van der Waals surface area contributed by atoms with E-state index in [-0.39, 0.29) is 17.9 Å². The van der Waals surface area contributed by atoms with Crippen LogP contribution in [0.4, 0.5) is 11.6 Å². The summed E-state index contributed by atoms with van der Waals surface area (Å²) < 4.78 is 24.9. The number of rotatable bonds is 5. The number of fused-ring (bicyclic) bond motifs is 1. The van der Waals surface area contributed by atoms with Crippen molar-refractivity contribution in [1.29, 1.82) is 0 Å². The highest BCUT2D eigenvalue weighted by Gasteiger charge is 2.29. The van der Waals surface area contributed by atoms with Crippen molar-refractivity contribution < 1.29 is 13.2 Å². The Hall–Kier alpha value is -2.46. The normalized spacial score (nSPS) is 21.6. The lowest BCUT2D eigenvalue weighted by atomic mass is 10.1. The minimum atomic E-state index is -3.13. The molecule has 2 aromatic rings. The van der Waals surface area contributed by atoms with Gasteiger partial charge in [-0.3, -0.25) is 4.79 Å². The quantitative estimate of drug-likeness (QED) is 0.736. The molecular weight excluding hydrogens is 392 g/mol. The van der Waals surface area contributed by atoms with Crippen LogP contribution in [-0.4, -0.2) is 67.1 Å². The number of nitrogens with one attached hydrogen (secondary N) is 1. The van der Waals surface area contributed by atoms with Gasteiger partial charge in [-0.1, -0.05) is 0 Å². The molecule has 4 rings (SSSR count). The van der Waals surface area contributed by atoms with Crippen LogP contribution in [0.5, 0.6) is 0 Å². The molecule has 2 aromatic heterocycles. The zero-order chi connectivity index (χ0) is 20.6. The second kappa shape index (κ2) is 7.75. The number of hydrogen-bond acceptors (Lipinski definition) is 7. The van der Waals surface area contributed by atoms with Crippen molar-refractivity contribution in [3.63, 3.8) is 0 Å². The number of pyridine rings is 2. The van der Waals surface area contributed by atoms with Gasteiger partial charge in [0.1, 0.15) is 11.6 Å². The van der Waals surface area contributed by atoms with Crippen molar-refractivity contribution in [3.8, 4) is 0 Å². The number of anilines is 2. The molecule has 10 heteroatoms. The highest BCUT2D eigenvalue weighted by Crippen LogP contribution is 2.30. The SMILES string of the molecule is CS(=O)(=O)N1CCC(Nc2cc3c(N4CCC(C(N)=O)C4)nccc3cn2)CC1. The molecule has 29 heavy (non-hydrogen) atoms. The van der Waals surface area contributed by atoms with Gasteiger partial charge in [-0.2, -0.15) is 0 Å². The Kier molecular flexibility index (Phi) is 5.30. The number of hydrogen-bond donors (Lipinski definition) is 2. The summed E-state index contributed by atoms with van der Waals surface area (Å²) in [6, 6.07) is 4.07. The summed E-state index contributed by atoms with van der Waals surface area (Å²) in [5, 5.41) is 5.39. The fourth-order valence-corrected chi connectivity index (χ4v) is 4.98. The molecule has 9 nitrogen and oxygen atoms in total. The Morgan fingerprint density at radius 1 is 1.21 bits per heavy atom. The molecule has 1 amide bonds. The van der Waals surface area contributed by atoms with E-state index in [9.17, 15) is 13.2 Å². The number of carbonyl (C=O) groups excluding carboxylic acids is 1.